The highest BCUT2D eigenvalue weighted by atomic mass is 35.5. The van der Waals surface area contributed by atoms with E-state index < -0.39 is 53.4 Å². The summed E-state index contributed by atoms with van der Waals surface area (Å²) in [4.78, 5) is 20.5. The Morgan fingerprint density at radius 1 is 1.21 bits per heavy atom. The topological polar surface area (TPSA) is 84.3 Å². The Balaban J connectivity index is 2.09. The molecule has 1 heterocycles. The van der Waals surface area contributed by atoms with Crippen LogP contribution in [0.2, 0.25) is 5.02 Å². The van der Waals surface area contributed by atoms with Gasteiger partial charge in [0.2, 0.25) is 0 Å². The van der Waals surface area contributed by atoms with Crippen LogP contribution in [0.5, 0.6) is 5.75 Å². The van der Waals surface area contributed by atoms with E-state index in [1.807, 2.05) is 0 Å². The molecule has 0 spiro atoms. The minimum Gasteiger partial charge on any atom is -0.480 e. The number of carbonyl (C=O) groups excluding carboxylic acids is 1. The number of halogens is 6. The summed E-state index contributed by atoms with van der Waals surface area (Å²) in [7, 11) is 0. The van der Waals surface area contributed by atoms with Crippen molar-refractivity contribution in [2.45, 2.75) is 25.8 Å². The molecule has 1 amide bonds. The van der Waals surface area contributed by atoms with Crippen LogP contribution in [0.1, 0.15) is 23.0 Å². The minimum absolute atomic E-state index is 0.0778. The average molecular weight is 488 g/mol. The normalized spacial score (nSPS) is 12.4. The van der Waals surface area contributed by atoms with Crippen LogP contribution in [0.15, 0.2) is 42.7 Å². The van der Waals surface area contributed by atoms with Crippen LogP contribution in [-0.2, 0) is 6.61 Å². The fraction of sp³-hybridized carbons (Fsp3) is 0.190. The SMILES string of the molecule is CC(Oc1cc(-c2cncc(CO)n2)c(F)cc1C(=O)Nc1c(F)cccc1Cl)C(F)(F)F. The van der Waals surface area contributed by atoms with E-state index in [0.29, 0.717) is 13.0 Å². The number of hydrogen-bond donors (Lipinski definition) is 2. The van der Waals surface area contributed by atoms with Gasteiger partial charge >= 0.3 is 6.18 Å². The van der Waals surface area contributed by atoms with E-state index in [1.54, 1.807) is 0 Å². The molecule has 0 bridgehead atoms. The number of aromatic nitrogens is 2. The van der Waals surface area contributed by atoms with Crippen LogP contribution >= 0.6 is 11.6 Å². The lowest BCUT2D eigenvalue weighted by Crippen LogP contribution is -2.32. The summed E-state index contributed by atoms with van der Waals surface area (Å²) in [5.74, 6) is -3.75. The molecule has 1 aromatic heterocycles. The third kappa shape index (κ3) is 5.55. The first-order valence-corrected chi connectivity index (χ1v) is 9.63. The van der Waals surface area contributed by atoms with E-state index in [0.717, 1.165) is 18.3 Å². The summed E-state index contributed by atoms with van der Waals surface area (Å²) in [6, 6.07) is 5.04. The number of anilines is 1. The quantitative estimate of drug-likeness (QED) is 0.470. The van der Waals surface area contributed by atoms with Crippen LogP contribution in [0, 0.1) is 11.6 Å². The molecule has 12 heteroatoms. The lowest BCUT2D eigenvalue weighted by Gasteiger charge is -2.20. The molecule has 3 rings (SSSR count). The molecule has 2 N–H and O–H groups in total. The van der Waals surface area contributed by atoms with Crippen molar-refractivity contribution < 1.29 is 36.6 Å². The maximum atomic E-state index is 14.9. The Morgan fingerprint density at radius 2 is 1.94 bits per heavy atom. The van der Waals surface area contributed by atoms with Gasteiger partial charge in [-0.25, -0.2) is 13.8 Å². The predicted octanol–water partition coefficient (Wildman–Crippen LogP) is 5.15. The van der Waals surface area contributed by atoms with Gasteiger partial charge < -0.3 is 15.2 Å². The van der Waals surface area contributed by atoms with Crippen LogP contribution in [0.3, 0.4) is 0 Å². The molecule has 174 valence electrons. The number of aliphatic hydroxyl groups is 1. The zero-order valence-electron chi connectivity index (χ0n) is 16.8. The largest absolute Gasteiger partial charge is 0.480 e. The Bertz CT molecular complexity index is 1170. The van der Waals surface area contributed by atoms with E-state index in [9.17, 15) is 31.9 Å². The second kappa shape index (κ2) is 9.67. The van der Waals surface area contributed by atoms with E-state index in [4.69, 9.17) is 16.3 Å². The first kappa shape index (κ1) is 24.3. The molecule has 33 heavy (non-hydrogen) atoms. The van der Waals surface area contributed by atoms with Crippen molar-refractivity contribution in [3.63, 3.8) is 0 Å². The minimum atomic E-state index is -4.80. The van der Waals surface area contributed by atoms with E-state index in [1.165, 1.54) is 18.3 Å². The number of rotatable bonds is 6. The van der Waals surface area contributed by atoms with Gasteiger partial charge in [-0.15, -0.1) is 0 Å². The number of nitrogens with zero attached hydrogens (tertiary/aromatic N) is 2. The second-order valence-electron chi connectivity index (χ2n) is 6.73. The van der Waals surface area contributed by atoms with Crippen LogP contribution < -0.4 is 10.1 Å². The van der Waals surface area contributed by atoms with Crippen molar-refractivity contribution in [2.75, 3.05) is 5.32 Å². The lowest BCUT2D eigenvalue weighted by atomic mass is 10.1. The van der Waals surface area contributed by atoms with Gasteiger partial charge in [-0.3, -0.25) is 9.78 Å². The lowest BCUT2D eigenvalue weighted by molar-refractivity contribution is -0.189. The molecule has 0 aliphatic heterocycles. The van der Waals surface area contributed by atoms with Gasteiger partial charge in [-0.05, 0) is 31.2 Å². The van der Waals surface area contributed by atoms with Gasteiger partial charge in [0, 0.05) is 5.56 Å². The van der Waals surface area contributed by atoms with Gasteiger partial charge in [-0.1, -0.05) is 17.7 Å². The highest BCUT2D eigenvalue weighted by Crippen LogP contribution is 2.34. The molecule has 1 unspecified atom stereocenters. The van der Waals surface area contributed by atoms with Crippen LogP contribution in [-0.4, -0.2) is 33.3 Å². The maximum Gasteiger partial charge on any atom is 0.425 e. The zero-order valence-corrected chi connectivity index (χ0v) is 17.5. The molecule has 3 aromatic rings. The molecule has 0 fully saturated rings. The van der Waals surface area contributed by atoms with Crippen LogP contribution in [0.4, 0.5) is 27.6 Å². The number of amides is 1. The Kier molecular flexibility index (Phi) is 7.13. The van der Waals surface area contributed by atoms with Crippen molar-refractivity contribution >= 4 is 23.2 Å². The first-order valence-electron chi connectivity index (χ1n) is 9.25. The smallest absolute Gasteiger partial charge is 0.425 e. The van der Waals surface area contributed by atoms with E-state index in [2.05, 4.69) is 15.3 Å². The van der Waals surface area contributed by atoms with Crippen molar-refractivity contribution in [1.29, 1.82) is 0 Å². The zero-order chi connectivity index (χ0) is 24.3. The molecule has 0 aliphatic carbocycles. The number of benzene rings is 2. The molecule has 0 saturated heterocycles. The highest BCUT2D eigenvalue weighted by Gasteiger charge is 2.39. The fourth-order valence-corrected chi connectivity index (χ4v) is 2.90. The number of carbonyl (C=O) groups is 1. The Morgan fingerprint density at radius 3 is 2.58 bits per heavy atom. The monoisotopic (exact) mass is 487 g/mol. The van der Waals surface area contributed by atoms with Crippen molar-refractivity contribution in [3.8, 4) is 17.0 Å². The van der Waals surface area contributed by atoms with Crippen molar-refractivity contribution in [2.24, 2.45) is 0 Å². The molecule has 0 radical (unpaired) electrons. The summed E-state index contributed by atoms with van der Waals surface area (Å²) in [5.41, 5.74) is -1.45. The number of para-hydroxylation sites is 1. The Hall–Kier alpha value is -3.31. The molecular weight excluding hydrogens is 473 g/mol. The number of nitrogens with one attached hydrogen (secondary N) is 1. The number of aliphatic hydroxyl groups excluding tert-OH is 1. The van der Waals surface area contributed by atoms with Gasteiger partial charge in [0.15, 0.2) is 6.10 Å². The van der Waals surface area contributed by atoms with Gasteiger partial charge in [0.1, 0.15) is 17.4 Å². The summed E-state index contributed by atoms with van der Waals surface area (Å²) in [5, 5.41) is 11.1. The van der Waals surface area contributed by atoms with E-state index in [-0.39, 0.29) is 22.0 Å². The van der Waals surface area contributed by atoms with Gasteiger partial charge in [0.05, 0.1) is 46.7 Å². The maximum absolute atomic E-state index is 14.9. The average Bonchev–Trinajstić information content (AvgIpc) is 2.76. The summed E-state index contributed by atoms with van der Waals surface area (Å²) < 4.78 is 73.2. The molecule has 0 saturated carbocycles. The van der Waals surface area contributed by atoms with Crippen LogP contribution in [0.25, 0.3) is 11.3 Å². The van der Waals surface area contributed by atoms with E-state index >= 15 is 0 Å². The second-order valence-corrected chi connectivity index (χ2v) is 7.14. The van der Waals surface area contributed by atoms with Crippen molar-refractivity contribution in [1.82, 2.24) is 9.97 Å². The summed E-state index contributed by atoms with van der Waals surface area (Å²) in [6.45, 7) is 0.186. The molecule has 6 nitrogen and oxygen atoms in total. The molecule has 1 atom stereocenters. The third-order valence-corrected chi connectivity index (χ3v) is 4.72. The third-order valence-electron chi connectivity index (χ3n) is 4.40. The van der Waals surface area contributed by atoms with Gasteiger partial charge in [0.25, 0.3) is 5.91 Å². The molecular formula is C21H15ClF5N3O3. The fourth-order valence-electron chi connectivity index (χ4n) is 2.69. The molecule has 0 aliphatic rings. The highest BCUT2D eigenvalue weighted by molar-refractivity contribution is 6.34. The Labute approximate surface area is 189 Å². The molecule has 2 aromatic carbocycles. The standard InChI is InChI=1S/C21H15ClF5N3O3/c1-10(21(25,26)27)33-18-6-12(17-8-28-7-11(9-31)29-17)16(24)5-13(18)20(32)30-19-14(22)3-2-4-15(19)23/h2-8,10,31H,9H2,1H3,(H,30,32). The number of alkyl halides is 3. The van der Waals surface area contributed by atoms with Gasteiger partial charge in [-0.2, -0.15) is 13.2 Å². The number of hydrogen-bond acceptors (Lipinski definition) is 5. The summed E-state index contributed by atoms with van der Waals surface area (Å²) >= 11 is 5.87. The number of ether oxygens (including phenoxy) is 1. The van der Waals surface area contributed by atoms with Crippen molar-refractivity contribution in [3.05, 3.63) is 70.6 Å². The first-order chi connectivity index (χ1) is 15.5. The predicted molar refractivity (Wildman–Crippen MR) is 109 cm³/mol. The summed E-state index contributed by atoms with van der Waals surface area (Å²) in [6.07, 6.45) is -4.83.